The second-order valence-corrected chi connectivity index (χ2v) is 10.2. The summed E-state index contributed by atoms with van der Waals surface area (Å²) in [5.74, 6) is -0.566. The van der Waals surface area contributed by atoms with Crippen molar-refractivity contribution in [3.63, 3.8) is 0 Å². The number of rotatable bonds is 11. The van der Waals surface area contributed by atoms with Crippen LogP contribution < -0.4 is 15.0 Å². The Hall–Kier alpha value is -3.78. The predicted octanol–water partition coefficient (Wildman–Crippen LogP) is 4.62. The Bertz CT molecular complexity index is 1340. The lowest BCUT2D eigenvalue weighted by molar-refractivity contribution is 0.0696. The normalized spacial score (nSPS) is 14.9. The van der Waals surface area contributed by atoms with Gasteiger partial charge in [0.15, 0.2) is 5.41 Å². The number of carboxylic acids is 1. The number of aromatic carboxylic acids is 1. The van der Waals surface area contributed by atoms with Crippen LogP contribution in [0.5, 0.6) is 5.75 Å². The maximum atomic E-state index is 15.2. The van der Waals surface area contributed by atoms with Gasteiger partial charge in [0.1, 0.15) is 36.1 Å². The van der Waals surface area contributed by atoms with Gasteiger partial charge in [-0.3, -0.25) is 4.79 Å². The first-order valence-electron chi connectivity index (χ1n) is 12.0. The zero-order valence-corrected chi connectivity index (χ0v) is 22.0. The third-order valence-electron chi connectivity index (χ3n) is 6.15. The largest absolute Gasteiger partial charge is 0.491 e. The van der Waals surface area contributed by atoms with Gasteiger partial charge in [0, 0.05) is 13.1 Å². The van der Waals surface area contributed by atoms with Crippen LogP contribution in [0.25, 0.3) is 0 Å². The molecular weight excluding hydrogens is 513 g/mol. The maximum absolute atomic E-state index is 15.2. The minimum absolute atomic E-state index is 0.0104. The number of carbonyl (C=O) groups is 2. The molecule has 4 rings (SSSR count). The molecule has 3 atom stereocenters. The molecule has 1 aromatic heterocycles. The zero-order chi connectivity index (χ0) is 27.4. The molecule has 0 aliphatic carbocycles. The molecule has 0 fully saturated rings. The summed E-state index contributed by atoms with van der Waals surface area (Å²) < 4.78 is 34.8. The molecule has 3 aromatic rings. The van der Waals surface area contributed by atoms with Crippen molar-refractivity contribution in [3.05, 3.63) is 89.1 Å². The topological polar surface area (TPSA) is 96.7 Å². The number of halogens is 2. The van der Waals surface area contributed by atoms with E-state index in [0.29, 0.717) is 36.8 Å². The van der Waals surface area contributed by atoms with Gasteiger partial charge in [-0.1, -0.05) is 39.6 Å². The van der Waals surface area contributed by atoms with Crippen molar-refractivity contribution >= 4 is 26.9 Å². The van der Waals surface area contributed by atoms with Crippen LogP contribution in [0.3, 0.4) is 0 Å². The van der Waals surface area contributed by atoms with Crippen molar-refractivity contribution < 1.29 is 28.2 Å². The first-order chi connectivity index (χ1) is 18.1. The molecule has 1 aliphatic rings. The number of benzene rings is 2. The van der Waals surface area contributed by atoms with Crippen LogP contribution in [0.2, 0.25) is 0 Å². The molecule has 1 amide bonds. The standard InChI is InChI=1S/C27H29F2N4O4P/c1-3-21(18-7-9-19(10-8-18)26(35)36)30-24(34)22-23(27(2,29)38)31-33-13-12-32(25(22)33)16-17-5-4-6-20(15-17)37-14-11-28/h3-10,15,21H,1,11-14,16,38H2,2H3,(H,30,34)(H,35,36). The number of hydrogen-bond acceptors (Lipinski definition) is 5. The fraction of sp³-hybridized carbons (Fsp3) is 0.296. The van der Waals surface area contributed by atoms with Gasteiger partial charge in [-0.25, -0.2) is 18.3 Å². The highest BCUT2D eigenvalue weighted by atomic mass is 31.0. The Morgan fingerprint density at radius 3 is 2.66 bits per heavy atom. The summed E-state index contributed by atoms with van der Waals surface area (Å²) in [6, 6.07) is 12.7. The fourth-order valence-electron chi connectivity index (χ4n) is 4.39. The molecule has 8 nitrogen and oxygen atoms in total. The number of carbonyl (C=O) groups excluding carboxylic acids is 1. The summed E-state index contributed by atoms with van der Waals surface area (Å²) >= 11 is 0. The van der Waals surface area contributed by atoms with Crippen LogP contribution in [0.15, 0.2) is 61.2 Å². The highest BCUT2D eigenvalue weighted by molar-refractivity contribution is 7.18. The van der Waals surface area contributed by atoms with Crippen LogP contribution in [0.1, 0.15) is 50.5 Å². The number of anilines is 1. The predicted molar refractivity (Wildman–Crippen MR) is 143 cm³/mol. The third-order valence-corrected chi connectivity index (χ3v) is 6.43. The second kappa shape index (κ2) is 11.3. The van der Waals surface area contributed by atoms with Crippen LogP contribution in [-0.4, -0.2) is 46.6 Å². The molecule has 2 aromatic carbocycles. The molecule has 1 aliphatic heterocycles. The van der Waals surface area contributed by atoms with E-state index >= 15 is 4.39 Å². The Labute approximate surface area is 221 Å². The van der Waals surface area contributed by atoms with E-state index < -0.39 is 30.0 Å². The summed E-state index contributed by atoms with van der Waals surface area (Å²) in [6.07, 6.45) is 1.52. The molecule has 200 valence electrons. The molecule has 0 radical (unpaired) electrons. The highest BCUT2D eigenvalue weighted by Crippen LogP contribution is 2.40. The first kappa shape index (κ1) is 27.3. The van der Waals surface area contributed by atoms with Crippen molar-refractivity contribution in [3.8, 4) is 5.75 Å². The van der Waals surface area contributed by atoms with Crippen molar-refractivity contribution in [1.29, 1.82) is 0 Å². The quantitative estimate of drug-likeness (QED) is 0.271. The average molecular weight is 543 g/mol. The molecule has 3 unspecified atom stereocenters. The van der Waals surface area contributed by atoms with E-state index in [1.54, 1.807) is 35.0 Å². The molecule has 0 bridgehead atoms. The van der Waals surface area contributed by atoms with E-state index in [2.05, 4.69) is 26.2 Å². The number of ether oxygens (including phenoxy) is 1. The smallest absolute Gasteiger partial charge is 0.335 e. The number of carboxylic acid groups (broad SMARTS) is 1. The Balaban J connectivity index is 1.64. The molecular formula is C27H29F2N4O4P. The van der Waals surface area contributed by atoms with Gasteiger partial charge in [-0.05, 0) is 42.3 Å². The van der Waals surface area contributed by atoms with E-state index in [0.717, 1.165) is 5.56 Å². The van der Waals surface area contributed by atoms with Crippen molar-refractivity contribution in [2.24, 2.45) is 0 Å². The van der Waals surface area contributed by atoms with Crippen LogP contribution in [0, 0.1) is 0 Å². The molecule has 38 heavy (non-hydrogen) atoms. The summed E-state index contributed by atoms with van der Waals surface area (Å²) in [6.45, 7) is 5.91. The fourth-order valence-corrected chi connectivity index (χ4v) is 4.59. The Kier molecular flexibility index (Phi) is 8.11. The first-order valence-corrected chi connectivity index (χ1v) is 12.6. The lowest BCUT2D eigenvalue weighted by Gasteiger charge is -2.22. The lowest BCUT2D eigenvalue weighted by atomic mass is 10.0. The summed E-state index contributed by atoms with van der Waals surface area (Å²) in [4.78, 5) is 26.8. The zero-order valence-electron chi connectivity index (χ0n) is 20.9. The summed E-state index contributed by atoms with van der Waals surface area (Å²) in [5, 5.41) is 14.5. The van der Waals surface area contributed by atoms with Gasteiger partial charge in [-0.15, -0.1) is 6.58 Å². The minimum atomic E-state index is -1.97. The molecule has 2 N–H and O–H groups in total. The van der Waals surface area contributed by atoms with Crippen molar-refractivity contribution in [1.82, 2.24) is 15.1 Å². The molecule has 0 saturated carbocycles. The van der Waals surface area contributed by atoms with Crippen molar-refractivity contribution in [2.75, 3.05) is 24.7 Å². The Morgan fingerprint density at radius 1 is 1.29 bits per heavy atom. The SMILES string of the molecule is C=CC(NC(=O)c1c(C(C)(F)P)nn2c1N(Cc1cccc(OCCF)c1)CC2)c1ccc(C(=O)O)cc1. The van der Waals surface area contributed by atoms with Gasteiger partial charge in [-0.2, -0.15) is 5.10 Å². The number of aromatic nitrogens is 2. The van der Waals surface area contributed by atoms with Crippen molar-refractivity contribution in [2.45, 2.75) is 31.5 Å². The van der Waals surface area contributed by atoms with Gasteiger partial charge in [0.05, 0.1) is 18.2 Å². The van der Waals surface area contributed by atoms with E-state index in [1.165, 1.54) is 25.1 Å². The number of nitrogens with one attached hydrogen (secondary N) is 1. The number of hydrogen-bond donors (Lipinski definition) is 2. The van der Waals surface area contributed by atoms with E-state index in [4.69, 9.17) is 9.84 Å². The minimum Gasteiger partial charge on any atom is -0.491 e. The number of amides is 1. The number of fused-ring (bicyclic) bond motifs is 1. The van der Waals surface area contributed by atoms with Crippen LogP contribution in [-0.2, 0) is 18.5 Å². The average Bonchev–Trinajstić information content (AvgIpc) is 3.46. The monoisotopic (exact) mass is 542 g/mol. The van der Waals surface area contributed by atoms with Crippen LogP contribution >= 0.6 is 9.24 Å². The second-order valence-electron chi connectivity index (χ2n) is 9.07. The number of nitrogens with zero attached hydrogens (tertiary/aromatic N) is 3. The van der Waals surface area contributed by atoms with Gasteiger partial charge >= 0.3 is 5.97 Å². The van der Waals surface area contributed by atoms with E-state index in [1.807, 2.05) is 11.0 Å². The highest BCUT2D eigenvalue weighted by Gasteiger charge is 2.38. The Morgan fingerprint density at radius 2 is 2.03 bits per heavy atom. The van der Waals surface area contributed by atoms with Crippen LogP contribution in [0.4, 0.5) is 14.6 Å². The molecule has 2 heterocycles. The lowest BCUT2D eigenvalue weighted by Crippen LogP contribution is -2.31. The summed E-state index contributed by atoms with van der Waals surface area (Å²) in [7, 11) is 2.09. The molecule has 0 spiro atoms. The molecule has 0 saturated heterocycles. The van der Waals surface area contributed by atoms with Gasteiger partial charge in [0.2, 0.25) is 0 Å². The van der Waals surface area contributed by atoms with Gasteiger partial charge < -0.3 is 20.1 Å². The van der Waals surface area contributed by atoms with E-state index in [9.17, 15) is 14.0 Å². The van der Waals surface area contributed by atoms with Gasteiger partial charge in [0.25, 0.3) is 5.91 Å². The molecule has 11 heteroatoms. The third kappa shape index (κ3) is 5.86. The number of alkyl halides is 2. The maximum Gasteiger partial charge on any atom is 0.335 e. The van der Waals surface area contributed by atoms with E-state index in [-0.39, 0.29) is 23.4 Å². The summed E-state index contributed by atoms with van der Waals surface area (Å²) in [5.41, 5.74) is 1.72.